The maximum Gasteiger partial charge on any atom is 0.306 e. The van der Waals surface area contributed by atoms with Crippen molar-refractivity contribution in [2.24, 2.45) is 0 Å². The summed E-state index contributed by atoms with van der Waals surface area (Å²) in [7, 11) is 0. The van der Waals surface area contributed by atoms with Crippen molar-refractivity contribution in [3.8, 4) is 0 Å². The first-order chi connectivity index (χ1) is 13.4. The number of carbonyl (C=O) groups is 1. The number of ether oxygens (including phenoxy) is 2. The van der Waals surface area contributed by atoms with Crippen molar-refractivity contribution in [2.45, 2.75) is 58.2 Å². The molecule has 2 atom stereocenters. The number of hydrogen-bond acceptors (Lipinski definition) is 5. The topological polar surface area (TPSA) is 59.0 Å². The van der Waals surface area contributed by atoms with E-state index in [0.717, 1.165) is 38.1 Å². The molecule has 1 saturated heterocycles. The van der Waals surface area contributed by atoms with E-state index < -0.39 is 23.8 Å². The third kappa shape index (κ3) is 6.79. The summed E-state index contributed by atoms with van der Waals surface area (Å²) in [5.74, 6) is -2.28. The Balaban J connectivity index is 2.03. The lowest BCUT2D eigenvalue weighted by Crippen LogP contribution is -2.33. The highest BCUT2D eigenvalue weighted by atomic mass is 19.2. The highest BCUT2D eigenvalue weighted by Crippen LogP contribution is 2.28. The molecule has 158 valence electrons. The summed E-state index contributed by atoms with van der Waals surface area (Å²) in [6.45, 7) is 6.50. The van der Waals surface area contributed by atoms with Crippen LogP contribution in [0.3, 0.4) is 0 Å². The Hall–Kier alpha value is -1.57. The Kier molecular flexibility index (Phi) is 9.28. The van der Waals surface area contributed by atoms with Gasteiger partial charge in [0.15, 0.2) is 11.6 Å². The fraction of sp³-hybridized carbons (Fsp3) is 0.667. The first-order valence-electron chi connectivity index (χ1n) is 10.1. The van der Waals surface area contributed by atoms with Gasteiger partial charge in [0.2, 0.25) is 0 Å². The van der Waals surface area contributed by atoms with Crippen LogP contribution in [0.25, 0.3) is 0 Å². The fourth-order valence-electron chi connectivity index (χ4n) is 3.56. The Bertz CT molecular complexity index is 635. The van der Waals surface area contributed by atoms with E-state index in [1.165, 1.54) is 0 Å². The zero-order valence-electron chi connectivity index (χ0n) is 16.8. The molecule has 1 aliphatic heterocycles. The first kappa shape index (κ1) is 22.7. The highest BCUT2D eigenvalue weighted by molar-refractivity contribution is 5.69. The third-order valence-electron chi connectivity index (χ3n) is 4.96. The molecule has 7 heteroatoms. The summed E-state index contributed by atoms with van der Waals surface area (Å²) in [6.07, 6.45) is 2.02. The zero-order valence-corrected chi connectivity index (χ0v) is 16.8. The largest absolute Gasteiger partial charge is 0.466 e. The summed E-state index contributed by atoms with van der Waals surface area (Å²) < 4.78 is 38.4. The molecule has 0 aromatic heterocycles. The number of β-amino-alcohol motifs (C(OH)–C–C–N with tert-alkyl or cyclic N) is 1. The Morgan fingerprint density at radius 1 is 1.21 bits per heavy atom. The molecule has 1 aliphatic rings. The number of likely N-dealkylation sites (tertiary alicyclic amines) is 1. The summed E-state index contributed by atoms with van der Waals surface area (Å²) in [5.41, 5.74) is 1.03. The summed E-state index contributed by atoms with van der Waals surface area (Å²) in [4.78, 5) is 13.8. The van der Waals surface area contributed by atoms with Crippen LogP contribution in [0.4, 0.5) is 8.78 Å². The van der Waals surface area contributed by atoms with Crippen LogP contribution in [0.2, 0.25) is 0 Å². The number of aliphatic hydroxyl groups is 1. The van der Waals surface area contributed by atoms with Gasteiger partial charge in [0, 0.05) is 13.0 Å². The van der Waals surface area contributed by atoms with Crippen molar-refractivity contribution >= 4 is 5.97 Å². The van der Waals surface area contributed by atoms with E-state index in [1.807, 2.05) is 6.92 Å². The van der Waals surface area contributed by atoms with Crippen LogP contribution in [0.5, 0.6) is 0 Å². The van der Waals surface area contributed by atoms with Crippen LogP contribution in [-0.2, 0) is 20.7 Å². The number of rotatable bonds is 11. The average Bonchev–Trinajstić information content (AvgIpc) is 3.16. The van der Waals surface area contributed by atoms with E-state index in [-0.39, 0.29) is 32.0 Å². The molecule has 1 N–H and O–H groups in total. The van der Waals surface area contributed by atoms with Crippen LogP contribution in [-0.4, -0.2) is 54.9 Å². The molecule has 1 aromatic rings. The van der Waals surface area contributed by atoms with Gasteiger partial charge in [-0.2, -0.15) is 0 Å². The predicted octanol–water partition coefficient (Wildman–Crippen LogP) is 3.38. The number of nitrogens with zero attached hydrogens (tertiary/aromatic N) is 1. The fourth-order valence-corrected chi connectivity index (χ4v) is 3.56. The molecule has 1 heterocycles. The maximum atomic E-state index is 13.9. The van der Waals surface area contributed by atoms with Crippen molar-refractivity contribution < 1.29 is 28.2 Å². The van der Waals surface area contributed by atoms with Gasteiger partial charge in [0.05, 0.1) is 25.4 Å². The number of hydrogen-bond donors (Lipinski definition) is 1. The molecule has 0 saturated carbocycles. The van der Waals surface area contributed by atoms with Gasteiger partial charge in [-0.3, -0.25) is 4.79 Å². The van der Waals surface area contributed by atoms with Gasteiger partial charge in [0.1, 0.15) is 0 Å². The van der Waals surface area contributed by atoms with Crippen LogP contribution < -0.4 is 0 Å². The van der Waals surface area contributed by atoms with Gasteiger partial charge in [-0.05, 0) is 69.0 Å². The smallest absolute Gasteiger partial charge is 0.306 e. The number of carbonyl (C=O) groups excluding carboxylic acids is 1. The standard InChI is InChI=1S/C21H31F2NO4/c1-3-20(28-14-16(25)13-24-9-5-6-10-24)17-12-19(23)18(22)11-15(17)7-8-21(26)27-4-2/h11-12,16,20,25H,3-10,13-14H2,1-2H3. The summed E-state index contributed by atoms with van der Waals surface area (Å²) >= 11 is 0. The number of aryl methyl sites for hydroxylation is 1. The second-order valence-electron chi connectivity index (χ2n) is 7.16. The van der Waals surface area contributed by atoms with E-state index in [4.69, 9.17) is 9.47 Å². The third-order valence-corrected chi connectivity index (χ3v) is 4.96. The average molecular weight is 399 g/mol. The molecule has 5 nitrogen and oxygen atoms in total. The second kappa shape index (κ2) is 11.4. The Morgan fingerprint density at radius 3 is 2.54 bits per heavy atom. The highest BCUT2D eigenvalue weighted by Gasteiger charge is 2.21. The SMILES string of the molecule is CCOC(=O)CCc1cc(F)c(F)cc1C(CC)OCC(O)CN1CCCC1. The Morgan fingerprint density at radius 2 is 1.89 bits per heavy atom. The van der Waals surface area contributed by atoms with Crippen molar-refractivity contribution in [2.75, 3.05) is 32.8 Å². The minimum Gasteiger partial charge on any atom is -0.466 e. The van der Waals surface area contributed by atoms with E-state index in [0.29, 0.717) is 24.1 Å². The molecule has 0 aliphatic carbocycles. The predicted molar refractivity (Wildman–Crippen MR) is 102 cm³/mol. The van der Waals surface area contributed by atoms with Gasteiger partial charge in [-0.25, -0.2) is 8.78 Å². The number of aliphatic hydroxyl groups excluding tert-OH is 1. The van der Waals surface area contributed by atoms with Crippen LogP contribution in [0.15, 0.2) is 12.1 Å². The molecule has 1 aromatic carbocycles. The second-order valence-corrected chi connectivity index (χ2v) is 7.16. The van der Waals surface area contributed by atoms with E-state index in [1.54, 1.807) is 6.92 Å². The van der Waals surface area contributed by atoms with E-state index in [9.17, 15) is 18.7 Å². The van der Waals surface area contributed by atoms with Crippen molar-refractivity contribution in [3.05, 3.63) is 34.9 Å². The molecule has 1 fully saturated rings. The van der Waals surface area contributed by atoms with Gasteiger partial charge in [-0.1, -0.05) is 6.92 Å². The lowest BCUT2D eigenvalue weighted by atomic mass is 9.96. The summed E-state index contributed by atoms with van der Waals surface area (Å²) in [5, 5.41) is 10.2. The number of esters is 1. The van der Waals surface area contributed by atoms with Crippen LogP contribution in [0, 0.1) is 11.6 Å². The molecule has 0 spiro atoms. The monoisotopic (exact) mass is 399 g/mol. The van der Waals surface area contributed by atoms with Crippen molar-refractivity contribution in [1.82, 2.24) is 4.90 Å². The minimum absolute atomic E-state index is 0.0833. The molecular weight excluding hydrogens is 368 g/mol. The van der Waals surface area contributed by atoms with Gasteiger partial charge in [0.25, 0.3) is 0 Å². The van der Waals surface area contributed by atoms with Crippen LogP contribution in [0.1, 0.15) is 56.8 Å². The zero-order chi connectivity index (χ0) is 20.5. The molecular formula is C21H31F2NO4. The summed E-state index contributed by atoms with van der Waals surface area (Å²) in [6, 6.07) is 2.26. The van der Waals surface area contributed by atoms with Gasteiger partial charge < -0.3 is 19.5 Å². The normalized spacial score (nSPS) is 16.9. The lowest BCUT2D eigenvalue weighted by molar-refractivity contribution is -0.143. The number of halogens is 2. The van der Waals surface area contributed by atoms with Crippen molar-refractivity contribution in [3.63, 3.8) is 0 Å². The number of benzene rings is 1. The first-order valence-corrected chi connectivity index (χ1v) is 10.1. The minimum atomic E-state index is -0.952. The molecule has 2 unspecified atom stereocenters. The molecule has 2 rings (SSSR count). The van der Waals surface area contributed by atoms with Gasteiger partial charge in [-0.15, -0.1) is 0 Å². The van der Waals surface area contributed by atoms with Crippen LogP contribution >= 0.6 is 0 Å². The van der Waals surface area contributed by atoms with Crippen molar-refractivity contribution in [1.29, 1.82) is 0 Å². The molecule has 0 amide bonds. The van der Waals surface area contributed by atoms with Gasteiger partial charge >= 0.3 is 5.97 Å². The lowest BCUT2D eigenvalue weighted by Gasteiger charge is -2.24. The van der Waals surface area contributed by atoms with E-state index in [2.05, 4.69) is 4.90 Å². The maximum absolute atomic E-state index is 13.9. The van der Waals surface area contributed by atoms with E-state index >= 15 is 0 Å². The molecule has 28 heavy (non-hydrogen) atoms. The molecule has 0 radical (unpaired) electrons. The quantitative estimate of drug-likeness (QED) is 0.578. The molecule has 0 bridgehead atoms. The Labute approximate surface area is 165 Å².